The van der Waals surface area contributed by atoms with Crippen LogP contribution in [0.5, 0.6) is 0 Å². The predicted octanol–water partition coefficient (Wildman–Crippen LogP) is 6.65. The summed E-state index contributed by atoms with van der Waals surface area (Å²) in [5.74, 6) is 4.92. The lowest BCUT2D eigenvalue weighted by Gasteiger charge is -2.63. The summed E-state index contributed by atoms with van der Waals surface area (Å²) in [5, 5.41) is 0. The van der Waals surface area contributed by atoms with Crippen molar-refractivity contribution >= 4 is 0 Å². The zero-order chi connectivity index (χ0) is 15.9. The van der Waals surface area contributed by atoms with Gasteiger partial charge in [-0.05, 0) is 52.8 Å². The molecule has 1 aliphatic carbocycles. The lowest BCUT2D eigenvalue weighted by Crippen LogP contribution is -2.56. The van der Waals surface area contributed by atoms with Gasteiger partial charge in [0.05, 0.1) is 0 Å². The van der Waals surface area contributed by atoms with Crippen molar-refractivity contribution in [2.75, 3.05) is 0 Å². The highest BCUT2D eigenvalue weighted by atomic mass is 14.6. The van der Waals surface area contributed by atoms with Crippen LogP contribution in [0.4, 0.5) is 0 Å². The average Bonchev–Trinajstić information content (AvgIpc) is 2.35. The molecule has 0 aromatic carbocycles. The molecule has 0 aromatic heterocycles. The molecule has 0 aliphatic heterocycles. The molecular weight excluding hydrogens is 240 g/mol. The zero-order valence-electron chi connectivity index (χ0n) is 15.9. The van der Waals surface area contributed by atoms with Gasteiger partial charge in [0, 0.05) is 0 Å². The van der Waals surface area contributed by atoms with Gasteiger partial charge in [-0.2, -0.15) is 0 Å². The van der Waals surface area contributed by atoms with E-state index in [2.05, 4.69) is 69.2 Å². The van der Waals surface area contributed by atoms with Gasteiger partial charge in [-0.3, -0.25) is 0 Å². The van der Waals surface area contributed by atoms with Crippen molar-refractivity contribution in [2.45, 2.75) is 82.1 Å². The molecule has 1 saturated carbocycles. The topological polar surface area (TPSA) is 0 Å². The maximum absolute atomic E-state index is 2.62. The molecule has 6 atom stereocenters. The molecule has 1 fully saturated rings. The van der Waals surface area contributed by atoms with Crippen molar-refractivity contribution in [1.29, 1.82) is 0 Å². The summed E-state index contributed by atoms with van der Waals surface area (Å²) in [6, 6.07) is 0. The molecule has 6 unspecified atom stereocenters. The predicted molar refractivity (Wildman–Crippen MR) is 91.8 cm³/mol. The maximum atomic E-state index is 2.62. The monoisotopic (exact) mass is 280 g/mol. The molecule has 1 aliphatic rings. The normalized spacial score (nSPS) is 40.6. The SMILES string of the molecule is CCC1C(C)CC(C)C(C)(C)C1(C)C(C)C(C)C(C)C. The molecule has 0 nitrogen and oxygen atoms in total. The summed E-state index contributed by atoms with van der Waals surface area (Å²) in [7, 11) is 0. The Labute approximate surface area is 129 Å². The molecule has 0 heterocycles. The Bertz CT molecular complexity index is 314. The first-order valence-corrected chi connectivity index (χ1v) is 9.01. The van der Waals surface area contributed by atoms with Gasteiger partial charge in [-0.25, -0.2) is 0 Å². The highest BCUT2D eigenvalue weighted by Gasteiger charge is 2.57. The highest BCUT2D eigenvalue weighted by molar-refractivity contribution is 5.05. The van der Waals surface area contributed by atoms with Crippen LogP contribution >= 0.6 is 0 Å². The summed E-state index contributed by atoms with van der Waals surface area (Å²) >= 11 is 0. The minimum Gasteiger partial charge on any atom is -0.0651 e. The van der Waals surface area contributed by atoms with E-state index < -0.39 is 0 Å². The first-order chi connectivity index (χ1) is 9.01. The van der Waals surface area contributed by atoms with E-state index in [1.807, 2.05) is 0 Å². The Balaban J connectivity index is 3.29. The molecule has 0 radical (unpaired) electrons. The summed E-state index contributed by atoms with van der Waals surface area (Å²) < 4.78 is 0. The summed E-state index contributed by atoms with van der Waals surface area (Å²) in [4.78, 5) is 0. The lowest BCUT2D eigenvalue weighted by molar-refractivity contribution is -0.143. The second-order valence-corrected chi connectivity index (χ2v) is 9.02. The quantitative estimate of drug-likeness (QED) is 0.541. The smallest absolute Gasteiger partial charge is 0.0213 e. The van der Waals surface area contributed by atoms with Crippen LogP contribution in [0.15, 0.2) is 0 Å². The van der Waals surface area contributed by atoms with E-state index >= 15 is 0 Å². The van der Waals surface area contributed by atoms with Crippen LogP contribution in [0.2, 0.25) is 0 Å². The Morgan fingerprint density at radius 1 is 1.00 bits per heavy atom. The lowest BCUT2D eigenvalue weighted by atomic mass is 9.42. The van der Waals surface area contributed by atoms with Gasteiger partial charge in [0.1, 0.15) is 0 Å². The second kappa shape index (κ2) is 6.01. The third kappa shape index (κ3) is 2.57. The van der Waals surface area contributed by atoms with Crippen molar-refractivity contribution in [1.82, 2.24) is 0 Å². The van der Waals surface area contributed by atoms with E-state index in [4.69, 9.17) is 0 Å². The van der Waals surface area contributed by atoms with Crippen molar-refractivity contribution in [3.05, 3.63) is 0 Å². The molecule has 0 saturated heterocycles. The van der Waals surface area contributed by atoms with E-state index in [0.717, 1.165) is 35.5 Å². The molecule has 20 heavy (non-hydrogen) atoms. The third-order valence-corrected chi connectivity index (χ3v) is 8.03. The van der Waals surface area contributed by atoms with E-state index in [-0.39, 0.29) is 0 Å². The zero-order valence-corrected chi connectivity index (χ0v) is 15.9. The Hall–Kier alpha value is 0. The standard InChI is InChI=1S/C20H40/c1-11-18-14(4)12-15(5)19(8,9)20(18,10)17(7)16(6)13(2)3/h13-18H,11-12H2,1-10H3. The van der Waals surface area contributed by atoms with Gasteiger partial charge < -0.3 is 0 Å². The Morgan fingerprint density at radius 2 is 1.50 bits per heavy atom. The molecular formula is C20H40. The fourth-order valence-corrected chi connectivity index (χ4v) is 5.49. The summed E-state index contributed by atoms with van der Waals surface area (Å²) in [5.41, 5.74) is 0.880. The van der Waals surface area contributed by atoms with Gasteiger partial charge >= 0.3 is 0 Å². The third-order valence-electron chi connectivity index (χ3n) is 8.03. The minimum absolute atomic E-state index is 0.433. The maximum Gasteiger partial charge on any atom is -0.0213 e. The molecule has 0 spiro atoms. The van der Waals surface area contributed by atoms with Gasteiger partial charge in [0.2, 0.25) is 0 Å². The molecule has 0 aromatic rings. The first-order valence-electron chi connectivity index (χ1n) is 9.01. The fourth-order valence-electron chi connectivity index (χ4n) is 5.49. The van der Waals surface area contributed by atoms with Crippen molar-refractivity contribution < 1.29 is 0 Å². The minimum atomic E-state index is 0.433. The van der Waals surface area contributed by atoms with Crippen LogP contribution in [0.1, 0.15) is 82.1 Å². The second-order valence-electron chi connectivity index (χ2n) is 9.02. The van der Waals surface area contributed by atoms with Gasteiger partial charge in [0.25, 0.3) is 0 Å². The van der Waals surface area contributed by atoms with Gasteiger partial charge in [-0.1, -0.05) is 75.7 Å². The fraction of sp³-hybridized carbons (Fsp3) is 1.00. The van der Waals surface area contributed by atoms with E-state index in [1.54, 1.807) is 0 Å². The highest BCUT2D eigenvalue weighted by Crippen LogP contribution is 2.63. The first kappa shape index (κ1) is 18.1. The van der Waals surface area contributed by atoms with Crippen molar-refractivity contribution in [3.63, 3.8) is 0 Å². The summed E-state index contributed by atoms with van der Waals surface area (Å²) in [6.07, 6.45) is 2.74. The largest absolute Gasteiger partial charge is 0.0651 e. The number of hydrogen-bond acceptors (Lipinski definition) is 0. The summed E-state index contributed by atoms with van der Waals surface area (Å²) in [6.45, 7) is 25.0. The Kier molecular flexibility index (Phi) is 5.43. The molecule has 0 N–H and O–H groups in total. The van der Waals surface area contributed by atoms with E-state index in [1.165, 1.54) is 12.8 Å². The molecule has 1 rings (SSSR count). The van der Waals surface area contributed by atoms with E-state index in [9.17, 15) is 0 Å². The van der Waals surface area contributed by atoms with Crippen molar-refractivity contribution in [3.8, 4) is 0 Å². The molecule has 0 heteroatoms. The number of hydrogen-bond donors (Lipinski definition) is 0. The molecule has 0 amide bonds. The van der Waals surface area contributed by atoms with Crippen LogP contribution in [-0.2, 0) is 0 Å². The Morgan fingerprint density at radius 3 is 1.90 bits per heavy atom. The molecule has 120 valence electrons. The van der Waals surface area contributed by atoms with Gasteiger partial charge in [-0.15, -0.1) is 0 Å². The van der Waals surface area contributed by atoms with Gasteiger partial charge in [0.15, 0.2) is 0 Å². The van der Waals surface area contributed by atoms with Crippen molar-refractivity contribution in [2.24, 2.45) is 46.3 Å². The van der Waals surface area contributed by atoms with Crippen LogP contribution in [0.3, 0.4) is 0 Å². The van der Waals surface area contributed by atoms with Crippen LogP contribution < -0.4 is 0 Å². The van der Waals surface area contributed by atoms with Crippen LogP contribution in [0, 0.1) is 46.3 Å². The van der Waals surface area contributed by atoms with Crippen LogP contribution in [0.25, 0.3) is 0 Å². The number of rotatable bonds is 4. The average molecular weight is 281 g/mol. The molecule has 0 bridgehead atoms. The van der Waals surface area contributed by atoms with Crippen LogP contribution in [-0.4, -0.2) is 0 Å². The van der Waals surface area contributed by atoms with E-state index in [0.29, 0.717) is 10.8 Å².